The third kappa shape index (κ3) is 2.97. The number of nitrogens with one attached hydrogen (secondary N) is 1. The molecule has 0 saturated carbocycles. The Kier molecular flexibility index (Phi) is 4.14. The molecule has 2 aromatic rings. The van der Waals surface area contributed by atoms with Crippen LogP contribution in [0.5, 0.6) is 0 Å². The smallest absolute Gasteiger partial charge is 0.137 e. The second kappa shape index (κ2) is 5.63. The largest absolute Gasteiger partial charge is 0.308 e. The molecule has 2 rings (SSSR count). The first kappa shape index (κ1) is 13.2. The predicted molar refractivity (Wildman–Crippen MR) is 75.2 cm³/mol. The number of hydrogen-bond donors (Lipinski definition) is 1. The molecule has 1 N–H and O–H groups in total. The molecule has 0 aliphatic heterocycles. The quantitative estimate of drug-likeness (QED) is 0.891. The van der Waals surface area contributed by atoms with E-state index in [1.54, 1.807) is 6.26 Å². The SMILES string of the molecule is Cc1nc2ccccn2c1CNC(C)CS(C)=O. The van der Waals surface area contributed by atoms with Crippen molar-refractivity contribution in [3.05, 3.63) is 35.8 Å². The summed E-state index contributed by atoms with van der Waals surface area (Å²) in [6.45, 7) is 4.82. The summed E-state index contributed by atoms with van der Waals surface area (Å²) in [6, 6.07) is 6.23. The Morgan fingerprint density at radius 2 is 2.28 bits per heavy atom. The van der Waals surface area contributed by atoms with Gasteiger partial charge in [-0.3, -0.25) is 4.21 Å². The summed E-state index contributed by atoms with van der Waals surface area (Å²) in [7, 11) is -0.761. The maximum absolute atomic E-state index is 11.1. The predicted octanol–water partition coefficient (Wildman–Crippen LogP) is 1.50. The standard InChI is InChI=1S/C13H19N3OS/c1-10(9-18(3)17)14-8-12-11(2)15-13-6-4-5-7-16(12)13/h4-7,10,14H,8-9H2,1-3H3. The fraction of sp³-hybridized carbons (Fsp3) is 0.462. The second-order valence-corrected chi connectivity index (χ2v) is 6.07. The molecular weight excluding hydrogens is 246 g/mol. The third-order valence-electron chi connectivity index (χ3n) is 2.93. The first-order valence-corrected chi connectivity index (χ1v) is 7.76. The number of aromatic nitrogens is 2. The van der Waals surface area contributed by atoms with Gasteiger partial charge in [0.15, 0.2) is 0 Å². The van der Waals surface area contributed by atoms with Crippen molar-refractivity contribution in [3.8, 4) is 0 Å². The lowest BCUT2D eigenvalue weighted by molar-refractivity contribution is 0.577. The van der Waals surface area contributed by atoms with Crippen LogP contribution < -0.4 is 5.32 Å². The lowest BCUT2D eigenvalue weighted by Gasteiger charge is -2.12. The highest BCUT2D eigenvalue weighted by Gasteiger charge is 2.10. The van der Waals surface area contributed by atoms with Crippen molar-refractivity contribution in [1.82, 2.24) is 14.7 Å². The second-order valence-electron chi connectivity index (χ2n) is 4.59. The van der Waals surface area contributed by atoms with Gasteiger partial charge in [0.25, 0.3) is 0 Å². The van der Waals surface area contributed by atoms with Crippen molar-refractivity contribution in [2.24, 2.45) is 0 Å². The van der Waals surface area contributed by atoms with Gasteiger partial charge in [0.2, 0.25) is 0 Å². The number of nitrogens with zero attached hydrogens (tertiary/aromatic N) is 2. The average Bonchev–Trinajstić information content (AvgIpc) is 2.61. The van der Waals surface area contributed by atoms with Gasteiger partial charge in [-0.25, -0.2) is 4.98 Å². The first-order chi connectivity index (χ1) is 8.58. The van der Waals surface area contributed by atoms with Gasteiger partial charge in [-0.15, -0.1) is 0 Å². The minimum absolute atomic E-state index is 0.240. The molecule has 5 heteroatoms. The number of aryl methyl sites for hydroxylation is 1. The zero-order chi connectivity index (χ0) is 13.1. The van der Waals surface area contributed by atoms with Crippen LogP contribution >= 0.6 is 0 Å². The number of imidazole rings is 1. The monoisotopic (exact) mass is 265 g/mol. The molecule has 2 heterocycles. The maximum atomic E-state index is 11.1. The molecular formula is C13H19N3OS. The lowest BCUT2D eigenvalue weighted by Crippen LogP contribution is -2.31. The van der Waals surface area contributed by atoms with Crippen LogP contribution in [0.4, 0.5) is 0 Å². The maximum Gasteiger partial charge on any atom is 0.137 e. The number of fused-ring (bicyclic) bond motifs is 1. The minimum Gasteiger partial charge on any atom is -0.308 e. The van der Waals surface area contributed by atoms with E-state index >= 15 is 0 Å². The van der Waals surface area contributed by atoms with Crippen LogP contribution in [0.15, 0.2) is 24.4 Å². The van der Waals surface area contributed by atoms with E-state index in [2.05, 4.69) is 21.6 Å². The molecule has 0 aliphatic rings. The van der Waals surface area contributed by atoms with Crippen LogP contribution in [-0.4, -0.2) is 31.6 Å². The van der Waals surface area contributed by atoms with E-state index in [9.17, 15) is 4.21 Å². The average molecular weight is 265 g/mol. The van der Waals surface area contributed by atoms with Crippen LogP contribution in [-0.2, 0) is 17.3 Å². The van der Waals surface area contributed by atoms with Crippen LogP contribution in [0.1, 0.15) is 18.3 Å². The van der Waals surface area contributed by atoms with E-state index in [4.69, 9.17) is 0 Å². The summed E-state index contributed by atoms with van der Waals surface area (Å²) in [6.07, 6.45) is 3.76. The Hall–Kier alpha value is -1.20. The molecule has 0 fully saturated rings. The van der Waals surface area contributed by atoms with Crippen LogP contribution in [0.25, 0.3) is 5.65 Å². The highest BCUT2D eigenvalue weighted by molar-refractivity contribution is 7.84. The van der Waals surface area contributed by atoms with Gasteiger partial charge in [0.05, 0.1) is 11.4 Å². The van der Waals surface area contributed by atoms with E-state index in [0.717, 1.165) is 17.9 Å². The third-order valence-corrected chi connectivity index (χ3v) is 3.90. The lowest BCUT2D eigenvalue weighted by atomic mass is 10.3. The Morgan fingerprint density at radius 3 is 3.00 bits per heavy atom. The molecule has 0 amide bonds. The van der Waals surface area contributed by atoms with Gasteiger partial charge in [-0.1, -0.05) is 6.07 Å². The first-order valence-electron chi connectivity index (χ1n) is 6.04. The zero-order valence-corrected chi connectivity index (χ0v) is 11.8. The fourth-order valence-corrected chi connectivity index (χ4v) is 2.88. The highest BCUT2D eigenvalue weighted by Crippen LogP contribution is 2.11. The van der Waals surface area contributed by atoms with Crippen molar-refractivity contribution in [1.29, 1.82) is 0 Å². The zero-order valence-electron chi connectivity index (χ0n) is 11.0. The highest BCUT2D eigenvalue weighted by atomic mass is 32.2. The van der Waals surface area contributed by atoms with Crippen LogP contribution in [0, 0.1) is 6.92 Å². The van der Waals surface area contributed by atoms with Crippen LogP contribution in [0.3, 0.4) is 0 Å². The molecule has 0 aliphatic carbocycles. The van der Waals surface area contributed by atoms with Crippen molar-refractivity contribution in [2.45, 2.75) is 26.4 Å². The summed E-state index contributed by atoms with van der Waals surface area (Å²) in [5.74, 6) is 0.676. The van der Waals surface area contributed by atoms with Gasteiger partial charge in [-0.2, -0.15) is 0 Å². The van der Waals surface area contributed by atoms with Crippen molar-refractivity contribution >= 4 is 16.4 Å². The van der Waals surface area contributed by atoms with Gasteiger partial charge >= 0.3 is 0 Å². The number of pyridine rings is 1. The molecule has 0 spiro atoms. The minimum atomic E-state index is -0.761. The normalized spacial score (nSPS) is 14.8. The topological polar surface area (TPSA) is 46.4 Å². The fourth-order valence-electron chi connectivity index (χ4n) is 2.06. The summed E-state index contributed by atoms with van der Waals surface area (Å²) in [4.78, 5) is 4.51. The Morgan fingerprint density at radius 1 is 1.50 bits per heavy atom. The van der Waals surface area contributed by atoms with Crippen molar-refractivity contribution in [3.63, 3.8) is 0 Å². The van der Waals surface area contributed by atoms with E-state index < -0.39 is 10.8 Å². The van der Waals surface area contributed by atoms with E-state index in [0.29, 0.717) is 5.75 Å². The summed E-state index contributed by atoms with van der Waals surface area (Å²) in [5, 5.41) is 3.40. The molecule has 4 nitrogen and oxygen atoms in total. The number of rotatable bonds is 5. The molecule has 2 atom stereocenters. The molecule has 2 unspecified atom stereocenters. The van der Waals surface area contributed by atoms with Gasteiger partial charge in [0, 0.05) is 41.6 Å². The Bertz CT molecular complexity index is 564. The number of hydrogen-bond acceptors (Lipinski definition) is 3. The Balaban J connectivity index is 2.12. The molecule has 0 radical (unpaired) electrons. The molecule has 18 heavy (non-hydrogen) atoms. The Labute approximate surface area is 110 Å². The van der Waals surface area contributed by atoms with E-state index in [1.807, 2.05) is 31.3 Å². The van der Waals surface area contributed by atoms with Gasteiger partial charge in [0.1, 0.15) is 5.65 Å². The molecule has 2 aromatic heterocycles. The van der Waals surface area contributed by atoms with Gasteiger partial charge in [-0.05, 0) is 26.0 Å². The summed E-state index contributed by atoms with van der Waals surface area (Å²) in [5.41, 5.74) is 3.18. The summed E-state index contributed by atoms with van der Waals surface area (Å²) >= 11 is 0. The molecule has 0 bridgehead atoms. The van der Waals surface area contributed by atoms with Crippen molar-refractivity contribution in [2.75, 3.05) is 12.0 Å². The van der Waals surface area contributed by atoms with Gasteiger partial charge < -0.3 is 9.72 Å². The van der Waals surface area contributed by atoms with Crippen molar-refractivity contribution < 1.29 is 4.21 Å². The van der Waals surface area contributed by atoms with E-state index in [1.165, 1.54) is 5.69 Å². The molecule has 98 valence electrons. The van der Waals surface area contributed by atoms with Crippen LogP contribution in [0.2, 0.25) is 0 Å². The van der Waals surface area contributed by atoms with E-state index in [-0.39, 0.29) is 6.04 Å². The molecule has 0 aromatic carbocycles. The molecule has 0 saturated heterocycles. The summed E-state index contributed by atoms with van der Waals surface area (Å²) < 4.78 is 13.2.